The number of hydrogen-bond donors (Lipinski definition) is 1. The Balaban J connectivity index is 2.13. The molecule has 3 nitrogen and oxygen atoms in total. The summed E-state index contributed by atoms with van der Waals surface area (Å²) in [6.07, 6.45) is 6.76. The van der Waals surface area contributed by atoms with Crippen molar-refractivity contribution in [3.63, 3.8) is 0 Å². The highest BCUT2D eigenvalue weighted by molar-refractivity contribution is 9.10. The predicted molar refractivity (Wildman–Crippen MR) is 90.2 cm³/mol. The Kier molecular flexibility index (Phi) is 6.37. The molecule has 0 aliphatic heterocycles. The molecule has 0 unspecified atom stereocenters. The van der Waals surface area contributed by atoms with Crippen molar-refractivity contribution in [3.05, 3.63) is 22.2 Å². The average Bonchev–Trinajstić information content (AvgIpc) is 2.47. The minimum atomic E-state index is 0.133. The molecule has 1 aromatic rings. The Bertz CT molecular complexity index is 456. The van der Waals surface area contributed by atoms with Gasteiger partial charge in [0.2, 0.25) is 0 Å². The van der Waals surface area contributed by atoms with Crippen molar-refractivity contribution in [1.82, 2.24) is 5.32 Å². The zero-order chi connectivity index (χ0) is 15.2. The lowest BCUT2D eigenvalue weighted by Crippen LogP contribution is -2.30. The normalized spacial score (nSPS) is 16.2. The molecule has 0 amide bonds. The van der Waals surface area contributed by atoms with Gasteiger partial charge in [0.25, 0.3) is 0 Å². The van der Waals surface area contributed by atoms with Gasteiger partial charge < -0.3 is 14.8 Å². The summed E-state index contributed by atoms with van der Waals surface area (Å²) in [4.78, 5) is 0. The van der Waals surface area contributed by atoms with Crippen LogP contribution >= 0.6 is 15.9 Å². The standard InChI is InChI=1S/C17H26BrNO2/c1-12(2)21-17-13(9-14(18)10-16(17)20-3)11-19-15-7-5-4-6-8-15/h9-10,12,15,19H,4-8,11H2,1-3H3. The van der Waals surface area contributed by atoms with Gasteiger partial charge in [-0.2, -0.15) is 0 Å². The van der Waals surface area contributed by atoms with Crippen LogP contribution in [-0.4, -0.2) is 19.3 Å². The molecular weight excluding hydrogens is 330 g/mol. The van der Waals surface area contributed by atoms with Crippen molar-refractivity contribution in [2.75, 3.05) is 7.11 Å². The number of hydrogen-bond acceptors (Lipinski definition) is 3. The van der Waals surface area contributed by atoms with Crippen LogP contribution in [0, 0.1) is 0 Å². The molecular formula is C17H26BrNO2. The summed E-state index contributed by atoms with van der Waals surface area (Å²) in [6.45, 7) is 4.90. The molecule has 0 spiro atoms. The van der Waals surface area contributed by atoms with Crippen LogP contribution in [0.3, 0.4) is 0 Å². The van der Waals surface area contributed by atoms with Crippen molar-refractivity contribution in [3.8, 4) is 11.5 Å². The lowest BCUT2D eigenvalue weighted by molar-refractivity contribution is 0.226. The molecule has 4 heteroatoms. The van der Waals surface area contributed by atoms with Gasteiger partial charge in [-0.05, 0) is 38.8 Å². The molecule has 1 N–H and O–H groups in total. The van der Waals surface area contributed by atoms with Crippen LogP contribution in [0.25, 0.3) is 0 Å². The quantitative estimate of drug-likeness (QED) is 0.804. The molecule has 21 heavy (non-hydrogen) atoms. The number of methoxy groups -OCH3 is 1. The van der Waals surface area contributed by atoms with E-state index in [1.54, 1.807) is 7.11 Å². The molecule has 0 atom stereocenters. The first-order valence-electron chi connectivity index (χ1n) is 7.86. The first-order valence-corrected chi connectivity index (χ1v) is 8.66. The topological polar surface area (TPSA) is 30.5 Å². The van der Waals surface area contributed by atoms with E-state index in [2.05, 4.69) is 27.3 Å². The fraction of sp³-hybridized carbons (Fsp3) is 0.647. The Morgan fingerprint density at radius 2 is 1.95 bits per heavy atom. The van der Waals surface area contributed by atoms with Gasteiger partial charge in [-0.3, -0.25) is 0 Å². The van der Waals surface area contributed by atoms with Crippen LogP contribution in [0.2, 0.25) is 0 Å². The summed E-state index contributed by atoms with van der Waals surface area (Å²) in [5.74, 6) is 1.65. The predicted octanol–water partition coefficient (Wildman–Crippen LogP) is 4.67. The highest BCUT2D eigenvalue weighted by Gasteiger charge is 2.17. The van der Waals surface area contributed by atoms with Crippen molar-refractivity contribution in [2.24, 2.45) is 0 Å². The van der Waals surface area contributed by atoms with Crippen LogP contribution in [0.4, 0.5) is 0 Å². The molecule has 2 rings (SSSR count). The second-order valence-corrected chi connectivity index (χ2v) is 6.89. The average molecular weight is 356 g/mol. The van der Waals surface area contributed by atoms with Gasteiger partial charge in [0.1, 0.15) is 0 Å². The van der Waals surface area contributed by atoms with Crippen molar-refractivity contribution in [2.45, 2.75) is 64.6 Å². The summed E-state index contributed by atoms with van der Waals surface area (Å²) < 4.78 is 12.5. The summed E-state index contributed by atoms with van der Waals surface area (Å²) in [7, 11) is 1.69. The molecule has 0 radical (unpaired) electrons. The molecule has 1 aliphatic carbocycles. The Morgan fingerprint density at radius 3 is 2.57 bits per heavy atom. The fourth-order valence-corrected chi connectivity index (χ4v) is 3.32. The molecule has 0 aromatic heterocycles. The molecule has 1 aliphatic rings. The minimum absolute atomic E-state index is 0.133. The monoisotopic (exact) mass is 355 g/mol. The first kappa shape index (κ1) is 16.6. The molecule has 0 heterocycles. The van der Waals surface area contributed by atoms with E-state index < -0.39 is 0 Å². The number of halogens is 1. The van der Waals surface area contributed by atoms with E-state index >= 15 is 0 Å². The minimum Gasteiger partial charge on any atom is -0.493 e. The van der Waals surface area contributed by atoms with Gasteiger partial charge in [0.15, 0.2) is 11.5 Å². The first-order chi connectivity index (χ1) is 10.1. The summed E-state index contributed by atoms with van der Waals surface area (Å²) >= 11 is 3.56. The molecule has 1 saturated carbocycles. The maximum atomic E-state index is 5.98. The van der Waals surface area contributed by atoms with Crippen LogP contribution in [-0.2, 0) is 6.54 Å². The van der Waals surface area contributed by atoms with Crippen LogP contribution < -0.4 is 14.8 Å². The van der Waals surface area contributed by atoms with E-state index in [-0.39, 0.29) is 6.10 Å². The van der Waals surface area contributed by atoms with E-state index in [0.29, 0.717) is 6.04 Å². The summed E-state index contributed by atoms with van der Waals surface area (Å²) in [6, 6.07) is 4.72. The van der Waals surface area contributed by atoms with E-state index in [1.165, 1.54) is 32.1 Å². The maximum Gasteiger partial charge on any atom is 0.166 e. The molecule has 1 aromatic carbocycles. The van der Waals surface area contributed by atoms with E-state index in [4.69, 9.17) is 9.47 Å². The smallest absolute Gasteiger partial charge is 0.166 e. The number of ether oxygens (including phenoxy) is 2. The highest BCUT2D eigenvalue weighted by atomic mass is 79.9. The van der Waals surface area contributed by atoms with Crippen LogP contribution in [0.15, 0.2) is 16.6 Å². The Morgan fingerprint density at radius 1 is 1.24 bits per heavy atom. The van der Waals surface area contributed by atoms with Crippen LogP contribution in [0.5, 0.6) is 11.5 Å². The number of nitrogens with one attached hydrogen (secondary N) is 1. The van der Waals surface area contributed by atoms with Gasteiger partial charge >= 0.3 is 0 Å². The third-order valence-corrected chi connectivity index (χ3v) is 4.31. The number of rotatable bonds is 6. The van der Waals surface area contributed by atoms with Gasteiger partial charge in [0.05, 0.1) is 13.2 Å². The SMILES string of the molecule is COc1cc(Br)cc(CNC2CCCCC2)c1OC(C)C. The van der Waals surface area contributed by atoms with Crippen molar-refractivity contribution < 1.29 is 9.47 Å². The van der Waals surface area contributed by atoms with Crippen molar-refractivity contribution >= 4 is 15.9 Å². The second-order valence-electron chi connectivity index (χ2n) is 5.98. The second kappa shape index (κ2) is 8.04. The van der Waals surface area contributed by atoms with E-state index in [0.717, 1.165) is 28.1 Å². The largest absolute Gasteiger partial charge is 0.493 e. The number of benzene rings is 1. The zero-order valence-electron chi connectivity index (χ0n) is 13.2. The third-order valence-electron chi connectivity index (χ3n) is 3.86. The van der Waals surface area contributed by atoms with E-state index in [9.17, 15) is 0 Å². The molecule has 118 valence electrons. The Hall–Kier alpha value is -0.740. The molecule has 1 fully saturated rings. The van der Waals surface area contributed by atoms with Crippen molar-refractivity contribution in [1.29, 1.82) is 0 Å². The maximum absolute atomic E-state index is 5.98. The third kappa shape index (κ3) is 4.89. The lowest BCUT2D eigenvalue weighted by atomic mass is 9.95. The highest BCUT2D eigenvalue weighted by Crippen LogP contribution is 2.35. The van der Waals surface area contributed by atoms with Gasteiger partial charge in [-0.25, -0.2) is 0 Å². The van der Waals surface area contributed by atoms with Gasteiger partial charge in [-0.15, -0.1) is 0 Å². The van der Waals surface area contributed by atoms with Gasteiger partial charge in [0, 0.05) is 22.6 Å². The molecule has 0 saturated heterocycles. The zero-order valence-corrected chi connectivity index (χ0v) is 14.8. The molecule has 0 bridgehead atoms. The van der Waals surface area contributed by atoms with Crippen LogP contribution in [0.1, 0.15) is 51.5 Å². The lowest BCUT2D eigenvalue weighted by Gasteiger charge is -2.24. The summed E-state index contributed by atoms with van der Waals surface area (Å²) in [5, 5.41) is 3.67. The fourth-order valence-electron chi connectivity index (χ4n) is 2.84. The summed E-state index contributed by atoms with van der Waals surface area (Å²) in [5.41, 5.74) is 1.15. The van der Waals surface area contributed by atoms with E-state index in [1.807, 2.05) is 19.9 Å². The Labute approximate surface area is 136 Å². The van der Waals surface area contributed by atoms with Gasteiger partial charge in [-0.1, -0.05) is 35.2 Å².